The average Bonchev–Trinajstić information content (AvgIpc) is 2.97. The number of amides is 1. The van der Waals surface area contributed by atoms with Crippen molar-refractivity contribution >= 4 is 18.0 Å². The van der Waals surface area contributed by atoms with Crippen molar-refractivity contribution in [3.8, 4) is 11.5 Å². The molecule has 0 bridgehead atoms. The first-order valence-electron chi connectivity index (χ1n) is 12.2. The number of hydrogen-bond donors (Lipinski definition) is 2. The quantitative estimate of drug-likeness (QED) is 0.249. The third kappa shape index (κ3) is 8.21. The molecule has 0 unspecified atom stereocenters. The van der Waals surface area contributed by atoms with Gasteiger partial charge in [-0.15, -0.1) is 0 Å². The van der Waals surface area contributed by atoms with Crippen LogP contribution >= 0.6 is 0 Å². The third-order valence-corrected chi connectivity index (χ3v) is 5.97. The van der Waals surface area contributed by atoms with Crippen molar-refractivity contribution < 1.29 is 38.4 Å². The number of carboxylic acids is 1. The van der Waals surface area contributed by atoms with Gasteiger partial charge in [0.05, 0.1) is 21.3 Å². The van der Waals surface area contributed by atoms with Crippen molar-refractivity contribution in [3.05, 3.63) is 95.6 Å². The van der Waals surface area contributed by atoms with Gasteiger partial charge in [0.25, 0.3) is 0 Å². The largest absolute Gasteiger partial charge is 0.497 e. The molecule has 0 spiro atoms. The second-order valence-corrected chi connectivity index (χ2v) is 8.54. The summed E-state index contributed by atoms with van der Waals surface area (Å²) in [4.78, 5) is 38.7. The first-order valence-corrected chi connectivity index (χ1v) is 12.2. The van der Waals surface area contributed by atoms with Crippen molar-refractivity contribution in [2.45, 2.75) is 31.5 Å². The van der Waals surface area contributed by atoms with Crippen LogP contribution in [0.5, 0.6) is 11.5 Å². The number of nitrogens with zero attached hydrogens (tertiary/aromatic N) is 1. The van der Waals surface area contributed by atoms with Crippen molar-refractivity contribution in [1.29, 1.82) is 0 Å². The van der Waals surface area contributed by atoms with Crippen LogP contribution in [-0.4, -0.2) is 61.6 Å². The molecule has 39 heavy (non-hydrogen) atoms. The maximum absolute atomic E-state index is 13.4. The van der Waals surface area contributed by atoms with E-state index < -0.39 is 30.1 Å². The average molecular weight is 537 g/mol. The fourth-order valence-corrected chi connectivity index (χ4v) is 3.91. The zero-order valence-corrected chi connectivity index (χ0v) is 22.0. The fourth-order valence-electron chi connectivity index (χ4n) is 3.91. The van der Waals surface area contributed by atoms with Crippen LogP contribution in [0.15, 0.2) is 78.9 Å². The lowest BCUT2D eigenvalue weighted by atomic mass is 10.0. The lowest BCUT2D eigenvalue weighted by Crippen LogP contribution is -2.59. The molecule has 206 valence electrons. The van der Waals surface area contributed by atoms with Crippen LogP contribution in [0.2, 0.25) is 0 Å². The van der Waals surface area contributed by atoms with Gasteiger partial charge in [0.2, 0.25) is 0 Å². The number of aliphatic carboxylic acids is 1. The molecule has 0 heterocycles. The zero-order chi connectivity index (χ0) is 28.2. The lowest BCUT2D eigenvalue weighted by molar-refractivity contribution is -0.150. The maximum atomic E-state index is 13.4. The summed E-state index contributed by atoms with van der Waals surface area (Å²) in [6.07, 6.45) is -0.957. The minimum absolute atomic E-state index is 0.0547. The predicted octanol–water partition coefficient (Wildman–Crippen LogP) is 3.63. The number of methoxy groups -OCH3 is 3. The van der Waals surface area contributed by atoms with Crippen LogP contribution in [-0.2, 0) is 38.5 Å². The molecule has 0 aliphatic rings. The molecule has 10 heteroatoms. The van der Waals surface area contributed by atoms with Crippen LogP contribution in [0.25, 0.3) is 0 Å². The predicted molar refractivity (Wildman–Crippen MR) is 142 cm³/mol. The van der Waals surface area contributed by atoms with Gasteiger partial charge in [0.1, 0.15) is 24.1 Å². The molecule has 3 aromatic carbocycles. The van der Waals surface area contributed by atoms with Crippen LogP contribution < -0.4 is 14.9 Å². The number of carbonyl (C=O) groups is 3. The molecule has 1 amide bonds. The van der Waals surface area contributed by atoms with Gasteiger partial charge in [-0.05, 0) is 22.8 Å². The topological polar surface area (TPSA) is 124 Å². The molecule has 2 atom stereocenters. The normalized spacial score (nSPS) is 12.1. The summed E-state index contributed by atoms with van der Waals surface area (Å²) < 4.78 is 21.1. The number of hydrazine groups is 1. The molecule has 0 aromatic heterocycles. The van der Waals surface area contributed by atoms with E-state index in [0.29, 0.717) is 17.1 Å². The van der Waals surface area contributed by atoms with E-state index in [9.17, 15) is 19.5 Å². The van der Waals surface area contributed by atoms with E-state index in [2.05, 4.69) is 5.43 Å². The minimum Gasteiger partial charge on any atom is -0.497 e. The van der Waals surface area contributed by atoms with E-state index >= 15 is 0 Å². The van der Waals surface area contributed by atoms with Gasteiger partial charge < -0.3 is 24.1 Å². The van der Waals surface area contributed by atoms with Crippen molar-refractivity contribution in [3.63, 3.8) is 0 Å². The highest BCUT2D eigenvalue weighted by Gasteiger charge is 2.36. The number of rotatable bonds is 13. The van der Waals surface area contributed by atoms with Crippen molar-refractivity contribution in [1.82, 2.24) is 10.4 Å². The SMILES string of the molecule is COC(=O)[C@H](Cc1ccccc1)N(N[C@@H](Cc1ccc(OC)cc1OC)C(=O)O)C(=O)OCc1ccccc1. The van der Waals surface area contributed by atoms with Crippen LogP contribution in [0.1, 0.15) is 16.7 Å². The van der Waals surface area contributed by atoms with E-state index in [1.54, 1.807) is 66.7 Å². The second kappa shape index (κ2) is 14.4. The highest BCUT2D eigenvalue weighted by molar-refractivity contribution is 5.82. The first-order chi connectivity index (χ1) is 18.9. The highest BCUT2D eigenvalue weighted by Crippen LogP contribution is 2.26. The molecule has 2 N–H and O–H groups in total. The zero-order valence-electron chi connectivity index (χ0n) is 22.0. The van der Waals surface area contributed by atoms with Crippen LogP contribution in [0, 0.1) is 0 Å². The number of ether oxygens (including phenoxy) is 4. The monoisotopic (exact) mass is 536 g/mol. The maximum Gasteiger partial charge on any atom is 0.425 e. The molecule has 3 aromatic rings. The van der Waals surface area contributed by atoms with Crippen molar-refractivity contribution in [2.24, 2.45) is 0 Å². The molecule has 0 aliphatic carbocycles. The summed E-state index contributed by atoms with van der Waals surface area (Å²) in [7, 11) is 4.17. The summed E-state index contributed by atoms with van der Waals surface area (Å²) in [5, 5.41) is 11.0. The molecule has 3 rings (SSSR count). The van der Waals surface area contributed by atoms with Crippen LogP contribution in [0.3, 0.4) is 0 Å². The Hall–Kier alpha value is -4.57. The van der Waals surface area contributed by atoms with E-state index in [-0.39, 0.29) is 19.4 Å². The van der Waals surface area contributed by atoms with E-state index in [1.807, 2.05) is 12.1 Å². The van der Waals surface area contributed by atoms with E-state index in [4.69, 9.17) is 18.9 Å². The molecule has 0 saturated heterocycles. The number of benzene rings is 3. The van der Waals surface area contributed by atoms with E-state index in [0.717, 1.165) is 16.1 Å². The minimum atomic E-state index is -1.33. The molecule has 10 nitrogen and oxygen atoms in total. The number of carboxylic acid groups (broad SMARTS) is 1. The Labute approximate surface area is 227 Å². The number of carbonyl (C=O) groups excluding carboxylic acids is 2. The van der Waals surface area contributed by atoms with Gasteiger partial charge in [-0.3, -0.25) is 4.79 Å². The van der Waals surface area contributed by atoms with Crippen molar-refractivity contribution in [2.75, 3.05) is 21.3 Å². The van der Waals surface area contributed by atoms with Crippen LogP contribution in [0.4, 0.5) is 4.79 Å². The Bertz CT molecular complexity index is 1240. The van der Waals surface area contributed by atoms with Gasteiger partial charge in [0.15, 0.2) is 6.04 Å². The molecular weight excluding hydrogens is 504 g/mol. The fraction of sp³-hybridized carbons (Fsp3) is 0.276. The second-order valence-electron chi connectivity index (χ2n) is 8.54. The Kier molecular flexibility index (Phi) is 10.7. The molecule has 0 aliphatic heterocycles. The summed E-state index contributed by atoms with van der Waals surface area (Å²) in [6, 6.07) is 20.4. The first kappa shape index (κ1) is 29.0. The van der Waals surface area contributed by atoms with E-state index in [1.165, 1.54) is 21.3 Å². The third-order valence-electron chi connectivity index (χ3n) is 5.97. The Morgan fingerprint density at radius 2 is 1.49 bits per heavy atom. The summed E-state index contributed by atoms with van der Waals surface area (Å²) >= 11 is 0. The van der Waals surface area contributed by atoms with Gasteiger partial charge in [-0.1, -0.05) is 66.7 Å². The highest BCUT2D eigenvalue weighted by atomic mass is 16.6. The van der Waals surface area contributed by atoms with Gasteiger partial charge in [0, 0.05) is 18.9 Å². The molecular formula is C29H32N2O8. The Balaban J connectivity index is 1.93. The molecule has 0 radical (unpaired) electrons. The number of hydrogen-bond acceptors (Lipinski definition) is 8. The smallest absolute Gasteiger partial charge is 0.425 e. The summed E-state index contributed by atoms with van der Waals surface area (Å²) in [5.74, 6) is -1.05. The number of nitrogens with one attached hydrogen (secondary N) is 1. The molecule has 0 saturated carbocycles. The van der Waals surface area contributed by atoms with Gasteiger partial charge >= 0.3 is 18.0 Å². The van der Waals surface area contributed by atoms with Gasteiger partial charge in [-0.2, -0.15) is 0 Å². The standard InChI is InChI=1S/C29H32N2O8/c1-36-23-15-14-22(26(18-23)37-2)17-24(27(32)33)30-31(29(35)39-19-21-12-8-5-9-13-21)25(28(34)38-3)16-20-10-6-4-7-11-20/h4-15,18,24-25,30H,16-17,19H2,1-3H3,(H,32,33)/t24-,25-/m0/s1. The van der Waals surface area contributed by atoms with Gasteiger partial charge in [-0.25, -0.2) is 20.0 Å². The number of esters is 1. The summed E-state index contributed by atoms with van der Waals surface area (Å²) in [5.41, 5.74) is 4.73. The summed E-state index contributed by atoms with van der Waals surface area (Å²) in [6.45, 7) is -0.0822. The Morgan fingerprint density at radius 3 is 2.05 bits per heavy atom. The lowest BCUT2D eigenvalue weighted by Gasteiger charge is -2.32. The molecule has 0 fully saturated rings. The Morgan fingerprint density at radius 1 is 0.846 bits per heavy atom.